The minimum absolute atomic E-state index is 0.0569. The number of halogens is 2. The summed E-state index contributed by atoms with van der Waals surface area (Å²) in [4.78, 5) is 10.5. The first-order valence-corrected chi connectivity index (χ1v) is 3.75. The Balaban J connectivity index is 3.72. The molecule has 0 rings (SSSR count). The third kappa shape index (κ3) is 3.07. The summed E-state index contributed by atoms with van der Waals surface area (Å²) in [6, 6.07) is 0. The van der Waals surface area contributed by atoms with Crippen molar-refractivity contribution in [3.63, 3.8) is 0 Å². The molecule has 54 valence electrons. The van der Waals surface area contributed by atoms with Gasteiger partial charge in [0.05, 0.1) is 5.38 Å². The lowest BCUT2D eigenvalue weighted by Gasteiger charge is -2.09. The highest BCUT2D eigenvalue weighted by Crippen LogP contribution is 2.13. The van der Waals surface area contributed by atoms with Crippen molar-refractivity contribution in [1.29, 1.82) is 0 Å². The lowest BCUT2D eigenvalue weighted by Crippen LogP contribution is -2.21. The van der Waals surface area contributed by atoms with Crippen LogP contribution in [0.5, 0.6) is 0 Å². The van der Waals surface area contributed by atoms with Gasteiger partial charge in [-0.2, -0.15) is 0 Å². The summed E-state index contributed by atoms with van der Waals surface area (Å²) in [5, 5.41) is -0.735. The Morgan fingerprint density at radius 2 is 2.00 bits per heavy atom. The van der Waals surface area contributed by atoms with Crippen LogP contribution in [0.3, 0.4) is 0 Å². The molecule has 0 fully saturated rings. The fraction of sp³-hybridized carbons (Fsp3) is 0.833. The first-order valence-electron chi connectivity index (χ1n) is 2.88. The molecule has 0 aromatic heterocycles. The monoisotopic (exact) mass is 168 g/mol. The van der Waals surface area contributed by atoms with Crippen LogP contribution >= 0.6 is 23.2 Å². The average molecular weight is 169 g/mol. The highest BCUT2D eigenvalue weighted by atomic mass is 35.5. The zero-order valence-electron chi connectivity index (χ0n) is 5.53. The van der Waals surface area contributed by atoms with E-state index < -0.39 is 5.38 Å². The molecular weight excluding hydrogens is 159 g/mol. The van der Waals surface area contributed by atoms with E-state index in [0.29, 0.717) is 0 Å². The van der Waals surface area contributed by atoms with Crippen LogP contribution in [-0.2, 0) is 4.79 Å². The Kier molecular flexibility index (Phi) is 4.24. The quantitative estimate of drug-likeness (QED) is 0.592. The van der Waals surface area contributed by atoms with Gasteiger partial charge in [0.25, 0.3) is 0 Å². The maximum Gasteiger partial charge on any atom is 0.149 e. The minimum atomic E-state index is -0.517. The normalized spacial score (nSPS) is 16.9. The van der Waals surface area contributed by atoms with E-state index in [2.05, 4.69) is 0 Å². The molecule has 0 spiro atoms. The van der Waals surface area contributed by atoms with Crippen LogP contribution in [0.15, 0.2) is 0 Å². The van der Waals surface area contributed by atoms with Gasteiger partial charge in [-0.15, -0.1) is 23.2 Å². The molecule has 0 aromatic rings. The van der Waals surface area contributed by atoms with Crippen molar-refractivity contribution < 1.29 is 4.79 Å². The molecule has 0 heterocycles. The van der Waals surface area contributed by atoms with Crippen LogP contribution in [0.25, 0.3) is 0 Å². The van der Waals surface area contributed by atoms with E-state index in [9.17, 15) is 4.79 Å². The Morgan fingerprint density at radius 3 is 2.11 bits per heavy atom. The molecule has 0 saturated heterocycles. The summed E-state index contributed by atoms with van der Waals surface area (Å²) in [5.74, 6) is -0.0569. The van der Waals surface area contributed by atoms with Gasteiger partial charge in [0.15, 0.2) is 0 Å². The number of hydrogen-bond donors (Lipinski definition) is 0. The minimum Gasteiger partial charge on any atom is -0.298 e. The highest BCUT2D eigenvalue weighted by Gasteiger charge is 2.18. The van der Waals surface area contributed by atoms with Crippen molar-refractivity contribution in [2.45, 2.75) is 31.0 Å². The topological polar surface area (TPSA) is 17.1 Å². The number of carbonyl (C=O) groups is 1. The molecule has 0 amide bonds. The summed E-state index contributed by atoms with van der Waals surface area (Å²) in [6.07, 6.45) is 0.731. The Hall–Kier alpha value is 0.250. The van der Waals surface area contributed by atoms with Gasteiger partial charge >= 0.3 is 0 Å². The molecule has 0 bridgehead atoms. The van der Waals surface area contributed by atoms with E-state index in [0.717, 1.165) is 6.42 Å². The van der Waals surface area contributed by atoms with E-state index in [1.54, 1.807) is 0 Å². The van der Waals surface area contributed by atoms with E-state index in [4.69, 9.17) is 23.2 Å². The first kappa shape index (κ1) is 9.25. The van der Waals surface area contributed by atoms with Crippen LogP contribution in [0.4, 0.5) is 0 Å². The van der Waals surface area contributed by atoms with Crippen LogP contribution in [0.2, 0.25) is 0 Å². The van der Waals surface area contributed by atoms with Gasteiger partial charge < -0.3 is 0 Å². The maximum absolute atomic E-state index is 10.5. The van der Waals surface area contributed by atoms with Crippen molar-refractivity contribution in [1.82, 2.24) is 0 Å². The number of Topliss-reactive ketones (excluding diaryl/α,β-unsaturated/α-hetero) is 1. The molecule has 9 heavy (non-hydrogen) atoms. The number of ketones is 1. The molecule has 0 radical (unpaired) electrons. The molecular formula is C6H10Cl2O. The zero-order valence-corrected chi connectivity index (χ0v) is 7.04. The van der Waals surface area contributed by atoms with Gasteiger partial charge in [0.1, 0.15) is 11.2 Å². The van der Waals surface area contributed by atoms with Crippen LogP contribution < -0.4 is 0 Å². The Labute approximate surface area is 65.3 Å². The first-order chi connectivity index (χ1) is 4.09. The molecule has 0 aliphatic rings. The lowest BCUT2D eigenvalue weighted by atomic mass is 10.2. The van der Waals surface area contributed by atoms with Crippen molar-refractivity contribution >= 4 is 29.0 Å². The molecule has 0 N–H and O–H groups in total. The van der Waals surface area contributed by atoms with E-state index in [-0.39, 0.29) is 11.2 Å². The Morgan fingerprint density at radius 1 is 1.56 bits per heavy atom. The van der Waals surface area contributed by atoms with E-state index >= 15 is 0 Å². The molecule has 0 saturated carbocycles. The van der Waals surface area contributed by atoms with Crippen LogP contribution in [-0.4, -0.2) is 16.5 Å². The third-order valence-electron chi connectivity index (χ3n) is 1.10. The van der Waals surface area contributed by atoms with Crippen molar-refractivity contribution in [2.24, 2.45) is 0 Å². The summed E-state index contributed by atoms with van der Waals surface area (Å²) < 4.78 is 0. The molecule has 3 heteroatoms. The summed E-state index contributed by atoms with van der Waals surface area (Å²) in [7, 11) is 0. The summed E-state index contributed by atoms with van der Waals surface area (Å²) in [5.41, 5.74) is 0. The molecule has 0 aliphatic carbocycles. The van der Waals surface area contributed by atoms with E-state index in [1.807, 2.05) is 6.92 Å². The standard InChI is InChI=1S/C6H10Cl2O/c1-3-5(7)6(8)4(2)9/h5-6H,3H2,1-2H3. The highest BCUT2D eigenvalue weighted by molar-refractivity contribution is 6.37. The molecule has 2 unspecified atom stereocenters. The maximum atomic E-state index is 10.5. The predicted molar refractivity (Wildman–Crippen MR) is 40.3 cm³/mol. The van der Waals surface area contributed by atoms with E-state index in [1.165, 1.54) is 6.92 Å². The van der Waals surface area contributed by atoms with Crippen molar-refractivity contribution in [3.8, 4) is 0 Å². The van der Waals surface area contributed by atoms with Gasteiger partial charge in [0, 0.05) is 0 Å². The fourth-order valence-electron chi connectivity index (χ4n) is 0.462. The smallest absolute Gasteiger partial charge is 0.149 e. The molecule has 1 nitrogen and oxygen atoms in total. The Bertz CT molecular complexity index is 103. The second-order valence-corrected chi connectivity index (χ2v) is 2.97. The van der Waals surface area contributed by atoms with Crippen molar-refractivity contribution in [3.05, 3.63) is 0 Å². The second-order valence-electron chi connectivity index (χ2n) is 1.94. The summed E-state index contributed by atoms with van der Waals surface area (Å²) >= 11 is 11.2. The van der Waals surface area contributed by atoms with Crippen molar-refractivity contribution in [2.75, 3.05) is 0 Å². The molecule has 0 aliphatic heterocycles. The molecule has 2 atom stereocenters. The molecule has 0 aromatic carbocycles. The second kappa shape index (κ2) is 4.13. The summed E-state index contributed by atoms with van der Waals surface area (Å²) in [6.45, 7) is 3.35. The SMILES string of the molecule is CCC(Cl)C(Cl)C(C)=O. The van der Waals surface area contributed by atoms with Crippen LogP contribution in [0.1, 0.15) is 20.3 Å². The zero-order chi connectivity index (χ0) is 7.44. The number of carbonyl (C=O) groups excluding carboxylic acids is 1. The largest absolute Gasteiger partial charge is 0.298 e. The average Bonchev–Trinajstić information content (AvgIpc) is 1.84. The number of alkyl halides is 2. The number of rotatable bonds is 3. The third-order valence-corrected chi connectivity index (χ3v) is 2.40. The lowest BCUT2D eigenvalue weighted by molar-refractivity contribution is -0.116. The van der Waals surface area contributed by atoms with Gasteiger partial charge in [-0.05, 0) is 13.3 Å². The van der Waals surface area contributed by atoms with Gasteiger partial charge in [-0.1, -0.05) is 6.92 Å². The van der Waals surface area contributed by atoms with Crippen LogP contribution in [0, 0.1) is 0 Å². The van der Waals surface area contributed by atoms with Gasteiger partial charge in [-0.25, -0.2) is 0 Å². The predicted octanol–water partition coefficient (Wildman–Crippen LogP) is 2.20. The van der Waals surface area contributed by atoms with Gasteiger partial charge in [0.2, 0.25) is 0 Å². The fourth-order valence-corrected chi connectivity index (χ4v) is 0.817. The van der Waals surface area contributed by atoms with Gasteiger partial charge in [-0.3, -0.25) is 4.79 Å². The number of hydrogen-bond acceptors (Lipinski definition) is 1.